The lowest BCUT2D eigenvalue weighted by Gasteiger charge is -2.35. The summed E-state index contributed by atoms with van der Waals surface area (Å²) in [6.45, 7) is 5.83. The first kappa shape index (κ1) is 16.0. The molecule has 0 radical (unpaired) electrons. The number of nitrogens with zero attached hydrogens (tertiary/aromatic N) is 4. The molecule has 0 atom stereocenters. The lowest BCUT2D eigenvalue weighted by atomic mass is 10.3. The van der Waals surface area contributed by atoms with Crippen molar-refractivity contribution in [3.05, 3.63) is 21.8 Å². The first-order valence-corrected chi connectivity index (χ1v) is 8.87. The van der Waals surface area contributed by atoms with Crippen molar-refractivity contribution in [2.45, 2.75) is 12.8 Å². The molecule has 5 nitrogen and oxygen atoms in total. The summed E-state index contributed by atoms with van der Waals surface area (Å²) in [4.78, 5) is 23.0. The molecule has 2 saturated heterocycles. The first-order valence-electron chi connectivity index (χ1n) is 7.69. The number of hydrogen-bond donors (Lipinski definition) is 0. The zero-order valence-electron chi connectivity index (χ0n) is 12.5. The van der Waals surface area contributed by atoms with Gasteiger partial charge in [0.25, 0.3) is 0 Å². The van der Waals surface area contributed by atoms with Crippen LogP contribution in [-0.2, 0) is 4.79 Å². The van der Waals surface area contributed by atoms with E-state index in [1.807, 2.05) is 11.0 Å². The molecule has 1 amide bonds. The third-order valence-corrected chi connectivity index (χ3v) is 4.99. The maximum absolute atomic E-state index is 12.2. The van der Waals surface area contributed by atoms with Crippen LogP contribution in [0.5, 0.6) is 0 Å². The van der Waals surface area contributed by atoms with E-state index in [1.165, 1.54) is 0 Å². The van der Waals surface area contributed by atoms with Crippen molar-refractivity contribution < 1.29 is 4.79 Å². The smallest absolute Gasteiger partial charge is 0.236 e. The van der Waals surface area contributed by atoms with E-state index in [0.29, 0.717) is 11.6 Å². The van der Waals surface area contributed by atoms with E-state index in [0.717, 1.165) is 62.4 Å². The van der Waals surface area contributed by atoms with Crippen LogP contribution in [0.3, 0.4) is 0 Å². The Bertz CT molecular complexity index is 542. The average molecular weight is 388 g/mol. The number of pyridine rings is 1. The Kier molecular flexibility index (Phi) is 5.21. The topological polar surface area (TPSA) is 39.7 Å². The van der Waals surface area contributed by atoms with Crippen LogP contribution in [0, 0.1) is 0 Å². The van der Waals surface area contributed by atoms with Crippen molar-refractivity contribution in [2.24, 2.45) is 0 Å². The zero-order chi connectivity index (χ0) is 15.5. The van der Waals surface area contributed by atoms with Crippen molar-refractivity contribution >= 4 is 39.3 Å². The Hall–Kier alpha value is -0.850. The number of piperazine rings is 1. The normalized spacial score (nSPS) is 19.7. The van der Waals surface area contributed by atoms with Gasteiger partial charge in [0.1, 0.15) is 5.82 Å². The predicted octanol–water partition coefficient (Wildman–Crippen LogP) is 2.24. The Morgan fingerprint density at radius 1 is 1.18 bits per heavy atom. The van der Waals surface area contributed by atoms with Gasteiger partial charge in [-0.15, -0.1) is 0 Å². The fourth-order valence-electron chi connectivity index (χ4n) is 3.02. The molecule has 120 valence electrons. The highest BCUT2D eigenvalue weighted by molar-refractivity contribution is 9.10. The van der Waals surface area contributed by atoms with Crippen molar-refractivity contribution in [2.75, 3.05) is 50.7 Å². The summed E-state index contributed by atoms with van der Waals surface area (Å²) >= 11 is 9.63. The summed E-state index contributed by atoms with van der Waals surface area (Å²) in [6.07, 6.45) is 4.06. The van der Waals surface area contributed by atoms with Gasteiger partial charge in [-0.25, -0.2) is 4.98 Å². The molecule has 0 aromatic carbocycles. The molecule has 2 fully saturated rings. The Morgan fingerprint density at radius 3 is 2.50 bits per heavy atom. The number of rotatable bonds is 3. The van der Waals surface area contributed by atoms with Crippen LogP contribution in [0.15, 0.2) is 16.7 Å². The minimum absolute atomic E-state index is 0.269. The number of aromatic nitrogens is 1. The van der Waals surface area contributed by atoms with E-state index in [9.17, 15) is 4.79 Å². The monoisotopic (exact) mass is 386 g/mol. The number of anilines is 1. The molecule has 3 rings (SSSR count). The summed E-state index contributed by atoms with van der Waals surface area (Å²) in [5, 5.41) is 0.663. The summed E-state index contributed by atoms with van der Waals surface area (Å²) in [5.74, 6) is 1.10. The van der Waals surface area contributed by atoms with Crippen LogP contribution in [-0.4, -0.2) is 66.5 Å². The summed E-state index contributed by atoms with van der Waals surface area (Å²) < 4.78 is 0.885. The van der Waals surface area contributed by atoms with Gasteiger partial charge in [-0.1, -0.05) is 11.6 Å². The highest BCUT2D eigenvalue weighted by atomic mass is 79.9. The minimum Gasteiger partial charge on any atom is -0.353 e. The van der Waals surface area contributed by atoms with Gasteiger partial charge in [0.15, 0.2) is 0 Å². The molecular formula is C15H20BrClN4O. The van der Waals surface area contributed by atoms with Gasteiger partial charge in [-0.3, -0.25) is 9.69 Å². The van der Waals surface area contributed by atoms with Crippen LogP contribution in [0.1, 0.15) is 12.8 Å². The quantitative estimate of drug-likeness (QED) is 0.797. The molecule has 0 spiro atoms. The molecule has 0 saturated carbocycles. The third-order valence-electron chi connectivity index (χ3n) is 4.28. The van der Waals surface area contributed by atoms with E-state index in [2.05, 4.69) is 30.7 Å². The second kappa shape index (κ2) is 7.15. The molecule has 2 aliphatic heterocycles. The summed E-state index contributed by atoms with van der Waals surface area (Å²) in [5.41, 5.74) is 0. The number of amides is 1. The lowest BCUT2D eigenvalue weighted by molar-refractivity contribution is -0.131. The maximum Gasteiger partial charge on any atom is 0.236 e. The number of carbonyl (C=O) groups is 1. The Balaban J connectivity index is 1.52. The molecule has 0 N–H and O–H groups in total. The average Bonchev–Trinajstić information content (AvgIpc) is 3.03. The molecule has 7 heteroatoms. The van der Waals surface area contributed by atoms with Crippen molar-refractivity contribution in [1.82, 2.24) is 14.8 Å². The van der Waals surface area contributed by atoms with Crippen molar-refractivity contribution in [3.8, 4) is 0 Å². The summed E-state index contributed by atoms with van der Waals surface area (Å²) in [6, 6.07) is 1.87. The van der Waals surface area contributed by atoms with Gasteiger partial charge in [-0.2, -0.15) is 0 Å². The zero-order valence-corrected chi connectivity index (χ0v) is 14.8. The van der Waals surface area contributed by atoms with Crippen molar-refractivity contribution in [3.63, 3.8) is 0 Å². The molecule has 0 bridgehead atoms. The lowest BCUT2D eigenvalue weighted by Crippen LogP contribution is -2.50. The summed E-state index contributed by atoms with van der Waals surface area (Å²) in [7, 11) is 0. The fourth-order valence-corrected chi connectivity index (χ4v) is 3.76. The number of likely N-dealkylation sites (tertiary alicyclic amines) is 1. The fraction of sp³-hybridized carbons (Fsp3) is 0.600. The van der Waals surface area contributed by atoms with E-state index < -0.39 is 0 Å². The SMILES string of the molecule is O=C(CN1CCN(c2ncc(Br)cc2Cl)CC1)N1CCCC1. The second-order valence-corrected chi connectivity index (χ2v) is 7.13. The molecular weight excluding hydrogens is 368 g/mol. The predicted molar refractivity (Wildman–Crippen MR) is 91.4 cm³/mol. The third kappa shape index (κ3) is 3.73. The van der Waals surface area contributed by atoms with Gasteiger partial charge in [0.2, 0.25) is 5.91 Å². The van der Waals surface area contributed by atoms with Gasteiger partial charge < -0.3 is 9.80 Å². The van der Waals surface area contributed by atoms with Crippen molar-refractivity contribution in [1.29, 1.82) is 0 Å². The highest BCUT2D eigenvalue weighted by Gasteiger charge is 2.24. The van der Waals surface area contributed by atoms with Gasteiger partial charge >= 0.3 is 0 Å². The molecule has 0 aliphatic carbocycles. The Morgan fingerprint density at radius 2 is 1.86 bits per heavy atom. The van der Waals surface area contributed by atoms with E-state index in [-0.39, 0.29) is 5.91 Å². The van der Waals surface area contributed by atoms with Gasteiger partial charge in [0.05, 0.1) is 11.6 Å². The van der Waals surface area contributed by atoms with E-state index >= 15 is 0 Å². The minimum atomic E-state index is 0.269. The molecule has 1 aromatic rings. The molecule has 3 heterocycles. The Labute approximate surface area is 144 Å². The van der Waals surface area contributed by atoms with Crippen LogP contribution < -0.4 is 4.90 Å². The number of carbonyl (C=O) groups excluding carboxylic acids is 1. The number of halogens is 2. The largest absolute Gasteiger partial charge is 0.353 e. The second-order valence-electron chi connectivity index (χ2n) is 5.81. The molecule has 0 unspecified atom stereocenters. The maximum atomic E-state index is 12.2. The van der Waals surface area contributed by atoms with Crippen LogP contribution >= 0.6 is 27.5 Å². The molecule has 2 aliphatic rings. The van der Waals surface area contributed by atoms with Crippen LogP contribution in [0.4, 0.5) is 5.82 Å². The first-order chi connectivity index (χ1) is 10.6. The standard InChI is InChI=1S/C15H20BrClN4O/c16-12-9-13(17)15(18-10-12)21-7-5-19(6-8-21)11-14(22)20-3-1-2-4-20/h9-10H,1-8,11H2. The van der Waals surface area contributed by atoms with Crippen LogP contribution in [0.25, 0.3) is 0 Å². The highest BCUT2D eigenvalue weighted by Crippen LogP contribution is 2.26. The van der Waals surface area contributed by atoms with E-state index in [1.54, 1.807) is 6.20 Å². The van der Waals surface area contributed by atoms with E-state index in [4.69, 9.17) is 11.6 Å². The van der Waals surface area contributed by atoms with Gasteiger partial charge in [0, 0.05) is 49.9 Å². The van der Waals surface area contributed by atoms with Crippen LogP contribution in [0.2, 0.25) is 5.02 Å². The van der Waals surface area contributed by atoms with Gasteiger partial charge in [-0.05, 0) is 34.8 Å². The molecule has 22 heavy (non-hydrogen) atoms. The number of hydrogen-bond acceptors (Lipinski definition) is 4. The molecule has 1 aromatic heterocycles.